The molecular weight excluding hydrogens is 338 g/mol. The summed E-state index contributed by atoms with van der Waals surface area (Å²) in [6.45, 7) is 4.89. The first kappa shape index (κ1) is 17.9. The summed E-state index contributed by atoms with van der Waals surface area (Å²) in [5.74, 6) is 0.0715. The van der Waals surface area contributed by atoms with Crippen molar-refractivity contribution in [1.82, 2.24) is 14.8 Å². The summed E-state index contributed by atoms with van der Waals surface area (Å²) < 4.78 is 5.11. The maximum absolute atomic E-state index is 12.8. The number of ether oxygens (including phenoxy) is 1. The second-order valence-electron chi connectivity index (χ2n) is 6.07. The molecule has 0 spiro atoms. The number of hydrogen-bond donors (Lipinski definition) is 0. The Morgan fingerprint density at radius 2 is 2.00 bits per heavy atom. The molecule has 0 N–H and O–H groups in total. The maximum atomic E-state index is 12.8. The largest absolute Gasteiger partial charge is 0.383 e. The van der Waals surface area contributed by atoms with E-state index in [1.54, 1.807) is 19.4 Å². The molecule has 0 atom stereocenters. The lowest BCUT2D eigenvalue weighted by Gasteiger charge is -2.34. The van der Waals surface area contributed by atoms with Crippen LogP contribution in [0.1, 0.15) is 10.4 Å². The van der Waals surface area contributed by atoms with E-state index in [1.807, 2.05) is 35.2 Å². The number of aromatic nitrogens is 1. The molecule has 1 fully saturated rings. The van der Waals surface area contributed by atoms with Crippen LogP contribution in [0.2, 0.25) is 5.02 Å². The minimum Gasteiger partial charge on any atom is -0.383 e. The molecule has 0 aliphatic carbocycles. The van der Waals surface area contributed by atoms with Crippen LogP contribution in [-0.2, 0) is 4.74 Å². The second kappa shape index (κ2) is 8.43. The van der Waals surface area contributed by atoms with Crippen molar-refractivity contribution in [3.63, 3.8) is 0 Å². The van der Waals surface area contributed by atoms with Gasteiger partial charge >= 0.3 is 0 Å². The van der Waals surface area contributed by atoms with Gasteiger partial charge < -0.3 is 9.64 Å². The van der Waals surface area contributed by atoms with Gasteiger partial charge in [-0.1, -0.05) is 23.7 Å². The highest BCUT2D eigenvalue weighted by molar-refractivity contribution is 6.30. The second-order valence-corrected chi connectivity index (χ2v) is 6.51. The van der Waals surface area contributed by atoms with Crippen molar-refractivity contribution >= 4 is 17.5 Å². The van der Waals surface area contributed by atoms with Gasteiger partial charge in [0.25, 0.3) is 5.91 Å². The fourth-order valence-corrected chi connectivity index (χ4v) is 3.05. The van der Waals surface area contributed by atoms with Crippen LogP contribution in [0, 0.1) is 0 Å². The summed E-state index contributed by atoms with van der Waals surface area (Å²) in [5, 5.41) is 0.599. The molecule has 1 saturated heterocycles. The number of methoxy groups -OCH3 is 1. The number of carbonyl (C=O) groups is 1. The summed E-state index contributed by atoms with van der Waals surface area (Å²) >= 11 is 5.89. The summed E-state index contributed by atoms with van der Waals surface area (Å²) in [6.07, 6.45) is 1.62. The third kappa shape index (κ3) is 4.57. The van der Waals surface area contributed by atoms with E-state index in [1.165, 1.54) is 0 Å². The molecule has 0 saturated carbocycles. The van der Waals surface area contributed by atoms with Crippen LogP contribution < -0.4 is 0 Å². The lowest BCUT2D eigenvalue weighted by molar-refractivity contribution is 0.0594. The van der Waals surface area contributed by atoms with Crippen LogP contribution >= 0.6 is 11.6 Å². The highest BCUT2D eigenvalue weighted by Gasteiger charge is 2.22. The Labute approximate surface area is 153 Å². The van der Waals surface area contributed by atoms with E-state index in [0.29, 0.717) is 10.6 Å². The first-order valence-corrected chi connectivity index (χ1v) is 8.78. The van der Waals surface area contributed by atoms with Gasteiger partial charge in [0, 0.05) is 57.2 Å². The van der Waals surface area contributed by atoms with Gasteiger partial charge in [-0.15, -0.1) is 0 Å². The summed E-state index contributed by atoms with van der Waals surface area (Å²) in [6, 6.07) is 11.3. The minimum atomic E-state index is 0.0715. The molecule has 2 aromatic rings. The van der Waals surface area contributed by atoms with Gasteiger partial charge in [0.05, 0.1) is 17.3 Å². The van der Waals surface area contributed by atoms with Gasteiger partial charge in [-0.2, -0.15) is 0 Å². The fraction of sp³-hybridized carbons (Fsp3) is 0.368. The van der Waals surface area contributed by atoms with Gasteiger partial charge in [-0.25, -0.2) is 0 Å². The third-order valence-electron chi connectivity index (χ3n) is 4.40. The number of amides is 1. The average molecular weight is 360 g/mol. The Bertz CT molecular complexity index is 713. The molecular formula is C19H22ClN3O2. The van der Waals surface area contributed by atoms with Crippen molar-refractivity contribution < 1.29 is 9.53 Å². The fourth-order valence-electron chi connectivity index (χ4n) is 2.94. The van der Waals surface area contributed by atoms with Crippen LogP contribution in [0.4, 0.5) is 0 Å². The summed E-state index contributed by atoms with van der Waals surface area (Å²) in [5.41, 5.74) is 2.42. The summed E-state index contributed by atoms with van der Waals surface area (Å²) in [4.78, 5) is 21.4. The Kier molecular flexibility index (Phi) is 6.02. The molecule has 3 rings (SSSR count). The lowest BCUT2D eigenvalue weighted by atomic mass is 10.1. The van der Waals surface area contributed by atoms with Crippen molar-refractivity contribution in [3.8, 4) is 11.3 Å². The van der Waals surface area contributed by atoms with E-state index in [9.17, 15) is 4.79 Å². The molecule has 0 radical (unpaired) electrons. The van der Waals surface area contributed by atoms with Gasteiger partial charge in [-0.3, -0.25) is 14.7 Å². The number of piperazine rings is 1. The smallest absolute Gasteiger partial charge is 0.253 e. The van der Waals surface area contributed by atoms with Crippen LogP contribution in [-0.4, -0.2) is 67.1 Å². The minimum absolute atomic E-state index is 0.0715. The van der Waals surface area contributed by atoms with Gasteiger partial charge in [0.15, 0.2) is 0 Å². The normalized spacial score (nSPS) is 15.4. The standard InChI is InChI=1S/C19H22ClN3O2/c1-25-12-11-22-7-9-23(10-8-22)19(24)16-4-2-3-15(13-16)18-6-5-17(20)14-21-18/h2-6,13-14H,7-12H2,1H3. The number of pyridine rings is 1. The molecule has 5 nitrogen and oxygen atoms in total. The number of rotatable bonds is 5. The van der Waals surface area contributed by atoms with Crippen LogP contribution in [0.15, 0.2) is 42.6 Å². The Balaban J connectivity index is 1.67. The highest BCUT2D eigenvalue weighted by atomic mass is 35.5. The molecule has 2 heterocycles. The van der Waals surface area contributed by atoms with E-state index in [2.05, 4.69) is 9.88 Å². The molecule has 1 aromatic heterocycles. The molecule has 1 aliphatic rings. The first-order chi connectivity index (χ1) is 12.2. The molecule has 25 heavy (non-hydrogen) atoms. The Morgan fingerprint density at radius 1 is 1.20 bits per heavy atom. The molecule has 1 amide bonds. The predicted molar refractivity (Wildman–Crippen MR) is 98.9 cm³/mol. The lowest BCUT2D eigenvalue weighted by Crippen LogP contribution is -2.49. The van der Waals surface area contributed by atoms with Crippen molar-refractivity contribution in [2.75, 3.05) is 46.4 Å². The first-order valence-electron chi connectivity index (χ1n) is 8.40. The van der Waals surface area contributed by atoms with Gasteiger partial charge in [0.1, 0.15) is 0 Å². The van der Waals surface area contributed by atoms with E-state index in [4.69, 9.17) is 16.3 Å². The molecule has 1 aromatic carbocycles. The zero-order valence-electron chi connectivity index (χ0n) is 14.3. The Morgan fingerprint density at radius 3 is 2.68 bits per heavy atom. The van der Waals surface area contributed by atoms with Crippen molar-refractivity contribution in [2.24, 2.45) is 0 Å². The van der Waals surface area contributed by atoms with Gasteiger partial charge in [-0.05, 0) is 24.3 Å². The van der Waals surface area contributed by atoms with Crippen LogP contribution in [0.3, 0.4) is 0 Å². The van der Waals surface area contributed by atoms with Crippen molar-refractivity contribution in [1.29, 1.82) is 0 Å². The highest BCUT2D eigenvalue weighted by Crippen LogP contribution is 2.21. The van der Waals surface area contributed by atoms with E-state index in [-0.39, 0.29) is 5.91 Å². The Hall–Kier alpha value is -1.95. The molecule has 0 unspecified atom stereocenters. The molecule has 1 aliphatic heterocycles. The van der Waals surface area contributed by atoms with E-state index in [0.717, 1.165) is 50.6 Å². The van der Waals surface area contributed by atoms with E-state index >= 15 is 0 Å². The topological polar surface area (TPSA) is 45.7 Å². The number of halogens is 1. The van der Waals surface area contributed by atoms with Crippen molar-refractivity contribution in [2.45, 2.75) is 0 Å². The van der Waals surface area contributed by atoms with Crippen LogP contribution in [0.25, 0.3) is 11.3 Å². The zero-order valence-corrected chi connectivity index (χ0v) is 15.1. The quantitative estimate of drug-likeness (QED) is 0.823. The third-order valence-corrected chi connectivity index (χ3v) is 4.63. The number of nitrogens with zero attached hydrogens (tertiary/aromatic N) is 3. The molecule has 132 valence electrons. The molecule has 6 heteroatoms. The monoisotopic (exact) mass is 359 g/mol. The summed E-state index contributed by atoms with van der Waals surface area (Å²) in [7, 11) is 1.71. The van der Waals surface area contributed by atoms with E-state index < -0.39 is 0 Å². The van der Waals surface area contributed by atoms with Crippen molar-refractivity contribution in [3.05, 3.63) is 53.2 Å². The van der Waals surface area contributed by atoms with Crippen LogP contribution in [0.5, 0.6) is 0 Å². The number of hydrogen-bond acceptors (Lipinski definition) is 4. The zero-order chi connectivity index (χ0) is 17.6. The van der Waals surface area contributed by atoms with Gasteiger partial charge in [0.2, 0.25) is 0 Å². The number of benzene rings is 1. The predicted octanol–water partition coefficient (Wildman–Crippen LogP) is 2.81. The SMILES string of the molecule is COCCN1CCN(C(=O)c2cccc(-c3ccc(Cl)cn3)c2)CC1. The molecule has 0 bridgehead atoms. The average Bonchev–Trinajstić information content (AvgIpc) is 2.67. The maximum Gasteiger partial charge on any atom is 0.253 e. The number of carbonyl (C=O) groups excluding carboxylic acids is 1.